The Morgan fingerprint density at radius 2 is 1.58 bits per heavy atom. The van der Waals surface area contributed by atoms with Gasteiger partial charge < -0.3 is 20.7 Å². The molecular weight excluding hydrogens is 398 g/mol. The van der Waals surface area contributed by atoms with Crippen LogP contribution in [0, 0.1) is 0 Å². The molecule has 3 rings (SSSR count). The molecule has 0 radical (unpaired) electrons. The Kier molecular flexibility index (Phi) is 6.74. The van der Waals surface area contributed by atoms with E-state index in [2.05, 4.69) is 4.79 Å². The van der Waals surface area contributed by atoms with Gasteiger partial charge in [-0.25, -0.2) is 9.59 Å². The minimum absolute atomic E-state index is 0.0144. The fourth-order valence-electron chi connectivity index (χ4n) is 3.72. The molecule has 160 valence electrons. The topological polar surface area (TPSA) is 132 Å². The fourth-order valence-corrected chi connectivity index (χ4v) is 3.72. The Morgan fingerprint density at radius 1 is 1.03 bits per heavy atom. The number of ether oxygens (including phenoxy) is 2. The summed E-state index contributed by atoms with van der Waals surface area (Å²) in [6.07, 6.45) is 0.0558. The number of esters is 2. The summed E-state index contributed by atoms with van der Waals surface area (Å²) in [5, 5.41) is 0. The van der Waals surface area contributed by atoms with Crippen molar-refractivity contribution in [3.05, 3.63) is 65.2 Å². The van der Waals surface area contributed by atoms with Crippen molar-refractivity contribution in [3.8, 4) is 11.1 Å². The fraction of sp³-hybridized carbons (Fsp3) is 0.304. The van der Waals surface area contributed by atoms with Crippen LogP contribution in [0.1, 0.15) is 36.8 Å². The van der Waals surface area contributed by atoms with Crippen LogP contribution in [0.25, 0.3) is 16.7 Å². The maximum atomic E-state index is 12.9. The standard InChI is InChI=1S/C23H23N3O5/c1-2-30-21(28)23(24,12-11-15(27)13-26-25)22(29)31-14-20-18-9-5-3-7-16(18)17-8-4-6-10-19(17)20/h3-10,13,20H,2,11-12,14,24H2,1H3/t23-/m0/s1. The maximum Gasteiger partial charge on any atom is 0.337 e. The zero-order valence-electron chi connectivity index (χ0n) is 17.1. The van der Waals surface area contributed by atoms with E-state index in [0.717, 1.165) is 22.3 Å². The van der Waals surface area contributed by atoms with Crippen LogP contribution in [0.15, 0.2) is 48.5 Å². The zero-order chi connectivity index (χ0) is 22.4. The Labute approximate surface area is 179 Å². The van der Waals surface area contributed by atoms with E-state index in [0.29, 0.717) is 6.21 Å². The summed E-state index contributed by atoms with van der Waals surface area (Å²) in [6.45, 7) is 1.58. The third kappa shape index (κ3) is 4.45. The number of hydrogen-bond acceptors (Lipinski definition) is 6. The van der Waals surface area contributed by atoms with Crippen molar-refractivity contribution in [2.45, 2.75) is 31.2 Å². The molecular formula is C23H23N3O5. The highest BCUT2D eigenvalue weighted by molar-refractivity contribution is 6.25. The van der Waals surface area contributed by atoms with Crippen molar-refractivity contribution in [3.63, 3.8) is 0 Å². The van der Waals surface area contributed by atoms with E-state index in [1.54, 1.807) is 6.92 Å². The predicted molar refractivity (Wildman–Crippen MR) is 112 cm³/mol. The average Bonchev–Trinajstić information content (AvgIpc) is 3.10. The molecule has 2 aromatic rings. The number of rotatable bonds is 9. The Hall–Kier alpha value is -3.61. The molecule has 0 amide bonds. The summed E-state index contributed by atoms with van der Waals surface area (Å²) in [4.78, 5) is 39.6. The first-order chi connectivity index (χ1) is 14.9. The van der Waals surface area contributed by atoms with E-state index < -0.39 is 23.3 Å². The first-order valence-corrected chi connectivity index (χ1v) is 9.94. The first-order valence-electron chi connectivity index (χ1n) is 9.94. The molecule has 8 nitrogen and oxygen atoms in total. The lowest BCUT2D eigenvalue weighted by Gasteiger charge is -2.25. The number of ketones is 1. The number of benzene rings is 2. The monoisotopic (exact) mass is 421 g/mol. The van der Waals surface area contributed by atoms with E-state index in [1.165, 1.54) is 0 Å². The van der Waals surface area contributed by atoms with Crippen molar-refractivity contribution in [2.24, 2.45) is 5.73 Å². The molecule has 31 heavy (non-hydrogen) atoms. The van der Waals surface area contributed by atoms with Crippen LogP contribution in [-0.4, -0.2) is 47.5 Å². The second-order valence-corrected chi connectivity index (χ2v) is 7.23. The van der Waals surface area contributed by atoms with Gasteiger partial charge in [0.15, 0.2) is 0 Å². The number of hydrogen-bond donors (Lipinski definition) is 1. The highest BCUT2D eigenvalue weighted by atomic mass is 16.6. The van der Waals surface area contributed by atoms with Crippen molar-refractivity contribution >= 4 is 23.9 Å². The van der Waals surface area contributed by atoms with Crippen LogP contribution in [0.3, 0.4) is 0 Å². The number of nitrogens with two attached hydrogens (primary N) is 1. The van der Waals surface area contributed by atoms with E-state index in [9.17, 15) is 14.4 Å². The summed E-state index contributed by atoms with van der Waals surface area (Å²) in [6, 6.07) is 15.7. The van der Waals surface area contributed by atoms with E-state index in [4.69, 9.17) is 20.7 Å². The van der Waals surface area contributed by atoms with Gasteiger partial charge in [0.1, 0.15) is 6.61 Å². The number of fused-ring (bicyclic) bond motifs is 3. The summed E-state index contributed by atoms with van der Waals surface area (Å²) < 4.78 is 10.5. The van der Waals surface area contributed by atoms with Crippen LogP contribution in [0.2, 0.25) is 0 Å². The summed E-state index contributed by atoms with van der Waals surface area (Å²) in [5.74, 6) is -2.73. The van der Waals surface area contributed by atoms with Crippen molar-refractivity contribution in [2.75, 3.05) is 13.2 Å². The van der Waals surface area contributed by atoms with Gasteiger partial charge in [-0.1, -0.05) is 48.5 Å². The number of nitrogens with zero attached hydrogens (tertiary/aromatic N) is 2. The smallest absolute Gasteiger partial charge is 0.337 e. The molecule has 0 spiro atoms. The van der Waals surface area contributed by atoms with Gasteiger partial charge >= 0.3 is 18.2 Å². The Bertz CT molecular complexity index is 1020. The minimum Gasteiger partial charge on any atom is -0.464 e. The average molecular weight is 421 g/mol. The molecule has 0 aliphatic heterocycles. The van der Waals surface area contributed by atoms with Crippen LogP contribution < -0.4 is 5.73 Å². The normalized spacial score (nSPS) is 13.9. The van der Waals surface area contributed by atoms with Gasteiger partial charge in [-0.3, -0.25) is 4.79 Å². The van der Waals surface area contributed by atoms with Crippen molar-refractivity contribution in [1.29, 1.82) is 0 Å². The summed E-state index contributed by atoms with van der Waals surface area (Å²) in [5.41, 5.74) is 16.6. The lowest BCUT2D eigenvalue weighted by molar-refractivity contribution is -0.164. The van der Waals surface area contributed by atoms with Crippen LogP contribution in [0.4, 0.5) is 0 Å². The molecule has 0 saturated heterocycles. The van der Waals surface area contributed by atoms with Gasteiger partial charge in [-0.2, -0.15) is 4.79 Å². The summed E-state index contributed by atoms with van der Waals surface area (Å²) in [7, 11) is 0. The summed E-state index contributed by atoms with van der Waals surface area (Å²) >= 11 is 0. The lowest BCUT2D eigenvalue weighted by atomic mass is 9.93. The molecule has 8 heteroatoms. The molecule has 1 atom stereocenters. The van der Waals surface area contributed by atoms with Gasteiger partial charge in [-0.15, -0.1) is 0 Å². The van der Waals surface area contributed by atoms with Gasteiger partial charge in [-0.05, 0) is 35.6 Å². The lowest BCUT2D eigenvalue weighted by Crippen LogP contribution is -2.57. The number of Topliss-reactive ketones (excluding diaryl/α,β-unsaturated/α-hetero) is 1. The molecule has 1 aliphatic rings. The van der Waals surface area contributed by atoms with Crippen molar-refractivity contribution < 1.29 is 28.6 Å². The molecule has 0 saturated carbocycles. The van der Waals surface area contributed by atoms with Gasteiger partial charge in [0.25, 0.3) is 0 Å². The highest BCUT2D eigenvalue weighted by Crippen LogP contribution is 2.44. The van der Waals surface area contributed by atoms with Gasteiger partial charge in [0.2, 0.25) is 11.3 Å². The molecule has 0 aromatic heterocycles. The van der Waals surface area contributed by atoms with Gasteiger partial charge in [0.05, 0.1) is 6.61 Å². The SMILES string of the molecule is CCOC(=O)[C@@](N)(CCC(=O)C=[N+]=[N-])C(=O)OCC1c2ccccc2-c2ccccc21. The second-order valence-electron chi connectivity index (χ2n) is 7.23. The molecule has 2 aromatic carbocycles. The molecule has 0 bridgehead atoms. The molecule has 0 unspecified atom stereocenters. The van der Waals surface area contributed by atoms with Crippen LogP contribution in [-0.2, 0) is 23.9 Å². The molecule has 1 aliphatic carbocycles. The molecule has 0 heterocycles. The third-order valence-electron chi connectivity index (χ3n) is 5.32. The van der Waals surface area contributed by atoms with Crippen molar-refractivity contribution in [1.82, 2.24) is 0 Å². The zero-order valence-corrected chi connectivity index (χ0v) is 17.1. The predicted octanol–water partition coefficient (Wildman–Crippen LogP) is 2.25. The van der Waals surface area contributed by atoms with Crippen LogP contribution in [0.5, 0.6) is 0 Å². The van der Waals surface area contributed by atoms with E-state index >= 15 is 0 Å². The van der Waals surface area contributed by atoms with Crippen LogP contribution >= 0.6 is 0 Å². The maximum absolute atomic E-state index is 12.9. The Morgan fingerprint density at radius 3 is 2.13 bits per heavy atom. The largest absolute Gasteiger partial charge is 0.464 e. The van der Waals surface area contributed by atoms with E-state index in [-0.39, 0.29) is 32.0 Å². The molecule has 2 N–H and O–H groups in total. The third-order valence-corrected chi connectivity index (χ3v) is 5.32. The van der Waals surface area contributed by atoms with E-state index in [1.807, 2.05) is 48.5 Å². The first kappa shape index (κ1) is 22.1. The second kappa shape index (κ2) is 9.47. The quantitative estimate of drug-likeness (QED) is 0.217. The molecule has 0 fully saturated rings. The minimum atomic E-state index is -2.15. The highest BCUT2D eigenvalue weighted by Gasteiger charge is 2.46. The number of carbonyl (C=O) groups is 3. The Balaban J connectivity index is 1.80. The number of carbonyl (C=O) groups excluding carboxylic acids is 3. The van der Waals surface area contributed by atoms with Gasteiger partial charge in [0, 0.05) is 12.3 Å².